The zero-order valence-electron chi connectivity index (χ0n) is 17.9. The SMILES string of the molecule is CC(=O)N[C@@H]1[C@H](OC2CCCCC2)O[C@H](COC(C)=O)[C@H](OC(C)=O)[C@@H]1OC(C)=O. The van der Waals surface area contributed by atoms with Gasteiger partial charge in [-0.3, -0.25) is 19.2 Å². The van der Waals surface area contributed by atoms with Crippen molar-refractivity contribution in [3.63, 3.8) is 0 Å². The molecule has 0 aromatic rings. The molecule has 0 bridgehead atoms. The van der Waals surface area contributed by atoms with Crippen molar-refractivity contribution in [2.24, 2.45) is 0 Å². The molecule has 1 saturated heterocycles. The minimum Gasteiger partial charge on any atom is -0.463 e. The molecular weight excluding hydrogens is 398 g/mol. The normalized spacial score (nSPS) is 29.5. The number of esters is 3. The molecule has 2 fully saturated rings. The Morgan fingerprint density at radius 1 is 0.867 bits per heavy atom. The number of nitrogens with one attached hydrogen (secondary N) is 1. The molecule has 10 nitrogen and oxygen atoms in total. The Kier molecular flexibility index (Phi) is 9.04. The molecule has 1 N–H and O–H groups in total. The second-order valence-corrected chi connectivity index (χ2v) is 7.62. The van der Waals surface area contributed by atoms with Crippen molar-refractivity contribution in [2.45, 2.75) is 96.5 Å². The summed E-state index contributed by atoms with van der Waals surface area (Å²) in [7, 11) is 0. The summed E-state index contributed by atoms with van der Waals surface area (Å²) in [5, 5.41) is 2.70. The highest BCUT2D eigenvalue weighted by Crippen LogP contribution is 2.31. The molecule has 0 spiro atoms. The van der Waals surface area contributed by atoms with E-state index in [0.29, 0.717) is 0 Å². The highest BCUT2D eigenvalue weighted by atomic mass is 16.7. The Hall–Kier alpha value is -2.20. The largest absolute Gasteiger partial charge is 0.463 e. The summed E-state index contributed by atoms with van der Waals surface area (Å²) in [4.78, 5) is 46.7. The van der Waals surface area contributed by atoms with E-state index in [1.165, 1.54) is 27.7 Å². The third kappa shape index (κ3) is 7.24. The summed E-state index contributed by atoms with van der Waals surface area (Å²) >= 11 is 0. The van der Waals surface area contributed by atoms with Crippen LogP contribution in [0.2, 0.25) is 0 Å². The number of hydrogen-bond acceptors (Lipinski definition) is 9. The summed E-state index contributed by atoms with van der Waals surface area (Å²) in [5.41, 5.74) is 0. The first-order valence-corrected chi connectivity index (χ1v) is 10.2. The summed E-state index contributed by atoms with van der Waals surface area (Å²) in [6.45, 7) is 4.73. The van der Waals surface area contributed by atoms with Crippen LogP contribution in [0.25, 0.3) is 0 Å². The van der Waals surface area contributed by atoms with E-state index in [4.69, 9.17) is 23.7 Å². The summed E-state index contributed by atoms with van der Waals surface area (Å²) < 4.78 is 28.0. The number of rotatable bonds is 7. The Labute approximate surface area is 175 Å². The molecule has 0 aromatic carbocycles. The second kappa shape index (κ2) is 11.3. The van der Waals surface area contributed by atoms with E-state index < -0.39 is 54.5 Å². The van der Waals surface area contributed by atoms with E-state index in [1.807, 2.05) is 0 Å². The van der Waals surface area contributed by atoms with Gasteiger partial charge in [-0.1, -0.05) is 19.3 Å². The molecule has 1 aliphatic carbocycles. The predicted octanol–water partition coefficient (Wildman–Crippen LogP) is 0.992. The molecule has 30 heavy (non-hydrogen) atoms. The molecule has 0 unspecified atom stereocenters. The van der Waals surface area contributed by atoms with Crippen LogP contribution in [0, 0.1) is 0 Å². The minimum atomic E-state index is -1.10. The molecule has 1 amide bonds. The predicted molar refractivity (Wildman–Crippen MR) is 102 cm³/mol. The first kappa shape index (κ1) is 24.1. The number of ether oxygens (including phenoxy) is 5. The van der Waals surface area contributed by atoms with Crippen LogP contribution in [-0.2, 0) is 42.9 Å². The van der Waals surface area contributed by atoms with E-state index >= 15 is 0 Å². The quantitative estimate of drug-likeness (QED) is 0.466. The standard InChI is InChI=1S/C20H31NO9/c1-11(22)21-17-19(28-14(4)25)18(27-13(3)24)16(10-26-12(2)23)30-20(17)29-15-8-6-5-7-9-15/h15-20H,5-10H2,1-4H3,(H,21,22)/t16-,17+,18+,19-,20-/m1/s1. The molecule has 5 atom stereocenters. The van der Waals surface area contributed by atoms with Gasteiger partial charge in [0, 0.05) is 27.7 Å². The second-order valence-electron chi connectivity index (χ2n) is 7.62. The van der Waals surface area contributed by atoms with Gasteiger partial charge in [-0.15, -0.1) is 0 Å². The maximum absolute atomic E-state index is 11.9. The van der Waals surface area contributed by atoms with Crippen molar-refractivity contribution < 1.29 is 42.9 Å². The third-order valence-electron chi connectivity index (χ3n) is 4.95. The highest BCUT2D eigenvalue weighted by Gasteiger charge is 2.51. The molecule has 1 saturated carbocycles. The van der Waals surface area contributed by atoms with Crippen LogP contribution in [0.1, 0.15) is 59.8 Å². The zero-order valence-corrected chi connectivity index (χ0v) is 17.9. The van der Waals surface area contributed by atoms with Gasteiger partial charge in [0.15, 0.2) is 18.5 Å². The number of carbonyl (C=O) groups excluding carboxylic acids is 4. The van der Waals surface area contributed by atoms with Crippen molar-refractivity contribution in [1.29, 1.82) is 0 Å². The summed E-state index contributed by atoms with van der Waals surface area (Å²) in [6.07, 6.45) is 0.643. The first-order chi connectivity index (χ1) is 14.2. The Balaban J connectivity index is 2.34. The molecule has 2 rings (SSSR count). The van der Waals surface area contributed by atoms with Gasteiger partial charge in [0.2, 0.25) is 5.91 Å². The molecule has 1 heterocycles. The Morgan fingerprint density at radius 2 is 1.47 bits per heavy atom. The van der Waals surface area contributed by atoms with Crippen molar-refractivity contribution in [2.75, 3.05) is 6.61 Å². The lowest BCUT2D eigenvalue weighted by Crippen LogP contribution is -2.67. The molecule has 1 aliphatic heterocycles. The van der Waals surface area contributed by atoms with Gasteiger partial charge < -0.3 is 29.0 Å². The molecule has 10 heteroatoms. The van der Waals surface area contributed by atoms with Crippen LogP contribution in [0.5, 0.6) is 0 Å². The van der Waals surface area contributed by atoms with Gasteiger partial charge >= 0.3 is 17.9 Å². The van der Waals surface area contributed by atoms with Crippen LogP contribution in [-0.4, -0.2) is 67.2 Å². The smallest absolute Gasteiger partial charge is 0.303 e. The maximum Gasteiger partial charge on any atom is 0.303 e. The van der Waals surface area contributed by atoms with Crippen LogP contribution >= 0.6 is 0 Å². The molecular formula is C20H31NO9. The van der Waals surface area contributed by atoms with E-state index in [9.17, 15) is 19.2 Å². The zero-order chi connectivity index (χ0) is 22.3. The monoisotopic (exact) mass is 429 g/mol. The topological polar surface area (TPSA) is 126 Å². The van der Waals surface area contributed by atoms with Crippen molar-refractivity contribution in [3.05, 3.63) is 0 Å². The lowest BCUT2D eigenvalue weighted by Gasteiger charge is -2.46. The first-order valence-electron chi connectivity index (χ1n) is 10.2. The third-order valence-corrected chi connectivity index (χ3v) is 4.95. The van der Waals surface area contributed by atoms with E-state index in [1.54, 1.807) is 0 Å². The number of hydrogen-bond donors (Lipinski definition) is 1. The Bertz CT molecular complexity index is 632. The lowest BCUT2D eigenvalue weighted by atomic mass is 9.94. The summed E-state index contributed by atoms with van der Waals surface area (Å²) in [6, 6.07) is -0.911. The average Bonchev–Trinajstić information content (AvgIpc) is 2.64. The van der Waals surface area contributed by atoms with E-state index in [2.05, 4.69) is 5.32 Å². The van der Waals surface area contributed by atoms with Crippen molar-refractivity contribution in [3.8, 4) is 0 Å². The van der Waals surface area contributed by atoms with Gasteiger partial charge in [0.25, 0.3) is 0 Å². The van der Waals surface area contributed by atoms with E-state index in [-0.39, 0.29) is 12.7 Å². The fourth-order valence-electron chi connectivity index (χ4n) is 3.80. The lowest BCUT2D eigenvalue weighted by molar-refractivity contribution is -0.289. The van der Waals surface area contributed by atoms with Gasteiger partial charge in [-0.05, 0) is 12.8 Å². The summed E-state index contributed by atoms with van der Waals surface area (Å²) in [5.74, 6) is -2.20. The molecule has 2 aliphatic rings. The Morgan fingerprint density at radius 3 is 2.00 bits per heavy atom. The van der Waals surface area contributed by atoms with Crippen LogP contribution < -0.4 is 5.32 Å². The number of carbonyl (C=O) groups is 4. The van der Waals surface area contributed by atoms with Gasteiger partial charge in [-0.2, -0.15) is 0 Å². The van der Waals surface area contributed by atoms with Crippen molar-refractivity contribution >= 4 is 23.8 Å². The maximum atomic E-state index is 11.9. The molecule has 170 valence electrons. The van der Waals surface area contributed by atoms with Crippen LogP contribution in [0.15, 0.2) is 0 Å². The van der Waals surface area contributed by atoms with Crippen LogP contribution in [0.3, 0.4) is 0 Å². The van der Waals surface area contributed by atoms with Crippen molar-refractivity contribution in [1.82, 2.24) is 5.32 Å². The van der Waals surface area contributed by atoms with Gasteiger partial charge in [0.1, 0.15) is 18.8 Å². The molecule has 0 radical (unpaired) electrons. The number of amides is 1. The highest BCUT2D eigenvalue weighted by molar-refractivity contribution is 5.73. The van der Waals surface area contributed by atoms with Crippen LogP contribution in [0.4, 0.5) is 0 Å². The van der Waals surface area contributed by atoms with Gasteiger partial charge in [-0.25, -0.2) is 0 Å². The van der Waals surface area contributed by atoms with E-state index in [0.717, 1.165) is 32.1 Å². The van der Waals surface area contributed by atoms with Gasteiger partial charge in [0.05, 0.1) is 6.10 Å². The minimum absolute atomic E-state index is 0.0855. The fourth-order valence-corrected chi connectivity index (χ4v) is 3.80. The average molecular weight is 429 g/mol. The molecule has 0 aromatic heterocycles. The fraction of sp³-hybridized carbons (Fsp3) is 0.800.